The molecule has 94 valence electrons. The molecule has 0 aromatic carbocycles. The molecule has 0 aliphatic heterocycles. The second-order valence-corrected chi connectivity index (χ2v) is 5.82. The standard InChI is InChI=1S/C13H15N3OS/c1-7-11(8(2)16(3)15-7)13-14-12-9(17)5-4-6-10(12)18-13/h4-6H2,1-3H3. The van der Waals surface area contributed by atoms with Gasteiger partial charge in [-0.25, -0.2) is 4.98 Å². The monoisotopic (exact) mass is 261 g/mol. The number of carbonyl (C=O) groups excluding carboxylic acids is 1. The van der Waals surface area contributed by atoms with Crippen LogP contribution in [0.3, 0.4) is 0 Å². The number of fused-ring (bicyclic) bond motifs is 1. The maximum Gasteiger partial charge on any atom is 0.182 e. The molecule has 1 aliphatic carbocycles. The van der Waals surface area contributed by atoms with E-state index in [1.165, 1.54) is 0 Å². The summed E-state index contributed by atoms with van der Waals surface area (Å²) in [5.74, 6) is 0.193. The molecule has 0 bridgehead atoms. The molecule has 1 aliphatic rings. The van der Waals surface area contributed by atoms with E-state index in [0.717, 1.165) is 39.7 Å². The number of Topliss-reactive ketones (excluding diaryl/α,β-unsaturated/α-hetero) is 1. The highest BCUT2D eigenvalue weighted by Gasteiger charge is 2.24. The first kappa shape index (κ1) is 11.6. The van der Waals surface area contributed by atoms with Gasteiger partial charge in [-0.05, 0) is 26.7 Å². The fourth-order valence-electron chi connectivity index (χ4n) is 2.46. The van der Waals surface area contributed by atoms with E-state index < -0.39 is 0 Å². The van der Waals surface area contributed by atoms with E-state index in [2.05, 4.69) is 10.1 Å². The van der Waals surface area contributed by atoms with E-state index >= 15 is 0 Å². The number of rotatable bonds is 1. The van der Waals surface area contributed by atoms with Crippen LogP contribution >= 0.6 is 11.3 Å². The van der Waals surface area contributed by atoms with Crippen LogP contribution < -0.4 is 0 Å². The number of aryl methyl sites for hydroxylation is 3. The van der Waals surface area contributed by atoms with Gasteiger partial charge in [-0.15, -0.1) is 11.3 Å². The first-order chi connectivity index (χ1) is 8.58. The summed E-state index contributed by atoms with van der Waals surface area (Å²) in [5, 5.41) is 5.35. The molecular formula is C13H15N3OS. The Labute approximate surface area is 110 Å². The van der Waals surface area contributed by atoms with Gasteiger partial charge >= 0.3 is 0 Å². The third-order valence-corrected chi connectivity index (χ3v) is 4.62. The maximum absolute atomic E-state index is 11.8. The molecule has 18 heavy (non-hydrogen) atoms. The smallest absolute Gasteiger partial charge is 0.182 e. The van der Waals surface area contributed by atoms with Crippen molar-refractivity contribution in [1.29, 1.82) is 0 Å². The van der Waals surface area contributed by atoms with Crippen LogP contribution in [0, 0.1) is 13.8 Å². The minimum Gasteiger partial charge on any atom is -0.292 e. The minimum absolute atomic E-state index is 0.193. The Morgan fingerprint density at radius 2 is 2.06 bits per heavy atom. The molecule has 3 rings (SSSR count). The molecule has 2 heterocycles. The summed E-state index contributed by atoms with van der Waals surface area (Å²) in [4.78, 5) is 17.5. The molecule has 0 atom stereocenters. The van der Waals surface area contributed by atoms with Crippen molar-refractivity contribution in [2.24, 2.45) is 7.05 Å². The SMILES string of the molecule is Cc1nn(C)c(C)c1-c1nc2c(s1)CCCC2=O. The number of thiazole rings is 1. The molecule has 0 spiro atoms. The van der Waals surface area contributed by atoms with Gasteiger partial charge in [-0.3, -0.25) is 9.48 Å². The van der Waals surface area contributed by atoms with Crippen LogP contribution in [0.5, 0.6) is 0 Å². The molecule has 0 unspecified atom stereocenters. The molecule has 2 aromatic heterocycles. The molecular weight excluding hydrogens is 246 g/mol. The molecule has 2 aromatic rings. The minimum atomic E-state index is 0.193. The summed E-state index contributed by atoms with van der Waals surface area (Å²) in [7, 11) is 1.94. The van der Waals surface area contributed by atoms with Crippen molar-refractivity contribution in [3.05, 3.63) is 22.0 Å². The van der Waals surface area contributed by atoms with Crippen molar-refractivity contribution < 1.29 is 4.79 Å². The Morgan fingerprint density at radius 3 is 2.67 bits per heavy atom. The summed E-state index contributed by atoms with van der Waals surface area (Å²) >= 11 is 1.65. The Balaban J connectivity index is 2.16. The molecule has 0 amide bonds. The highest BCUT2D eigenvalue weighted by atomic mass is 32.1. The van der Waals surface area contributed by atoms with Gasteiger partial charge in [0.15, 0.2) is 5.78 Å². The Morgan fingerprint density at radius 1 is 1.28 bits per heavy atom. The average Bonchev–Trinajstić information content (AvgIpc) is 2.83. The normalized spacial score (nSPS) is 14.9. The Bertz CT molecular complexity index is 639. The van der Waals surface area contributed by atoms with E-state index in [-0.39, 0.29) is 5.78 Å². The Kier molecular flexibility index (Phi) is 2.59. The van der Waals surface area contributed by atoms with Crippen LogP contribution in [0.25, 0.3) is 10.6 Å². The number of nitrogens with zero attached hydrogens (tertiary/aromatic N) is 3. The Hall–Kier alpha value is -1.49. The zero-order valence-electron chi connectivity index (χ0n) is 10.8. The highest BCUT2D eigenvalue weighted by molar-refractivity contribution is 7.15. The third-order valence-electron chi connectivity index (χ3n) is 3.49. The van der Waals surface area contributed by atoms with Crippen LogP contribution in [-0.2, 0) is 13.5 Å². The average molecular weight is 261 g/mol. The van der Waals surface area contributed by atoms with E-state index in [0.29, 0.717) is 12.1 Å². The first-order valence-corrected chi connectivity index (χ1v) is 6.93. The van der Waals surface area contributed by atoms with E-state index in [9.17, 15) is 4.79 Å². The second kappa shape index (κ2) is 4.02. The summed E-state index contributed by atoms with van der Waals surface area (Å²) in [6.07, 6.45) is 2.58. The van der Waals surface area contributed by atoms with Gasteiger partial charge in [0.1, 0.15) is 10.7 Å². The number of hydrogen-bond acceptors (Lipinski definition) is 4. The zero-order chi connectivity index (χ0) is 12.9. The maximum atomic E-state index is 11.8. The summed E-state index contributed by atoms with van der Waals surface area (Å²) < 4.78 is 1.87. The van der Waals surface area contributed by atoms with Gasteiger partial charge in [-0.2, -0.15) is 5.10 Å². The van der Waals surface area contributed by atoms with Crippen LogP contribution in [0.1, 0.15) is 39.6 Å². The van der Waals surface area contributed by atoms with Crippen LogP contribution in [0.15, 0.2) is 0 Å². The van der Waals surface area contributed by atoms with Gasteiger partial charge in [-0.1, -0.05) is 0 Å². The van der Waals surface area contributed by atoms with Crippen molar-refractivity contribution in [3.8, 4) is 10.6 Å². The van der Waals surface area contributed by atoms with E-state index in [1.807, 2.05) is 25.6 Å². The van der Waals surface area contributed by atoms with Gasteiger partial charge in [0.2, 0.25) is 0 Å². The molecule has 5 heteroatoms. The van der Waals surface area contributed by atoms with Gasteiger partial charge in [0.05, 0.1) is 11.3 Å². The highest BCUT2D eigenvalue weighted by Crippen LogP contribution is 2.35. The summed E-state index contributed by atoms with van der Waals surface area (Å²) in [6.45, 7) is 4.03. The summed E-state index contributed by atoms with van der Waals surface area (Å²) in [6, 6.07) is 0. The van der Waals surface area contributed by atoms with Crippen molar-refractivity contribution in [2.75, 3.05) is 0 Å². The second-order valence-electron chi connectivity index (χ2n) is 4.74. The van der Waals surface area contributed by atoms with Crippen molar-refractivity contribution >= 4 is 17.1 Å². The lowest BCUT2D eigenvalue weighted by molar-refractivity contribution is 0.0968. The van der Waals surface area contributed by atoms with Crippen molar-refractivity contribution in [1.82, 2.24) is 14.8 Å². The van der Waals surface area contributed by atoms with Crippen LogP contribution in [0.2, 0.25) is 0 Å². The third kappa shape index (κ3) is 1.61. The number of aromatic nitrogens is 3. The molecule has 0 saturated carbocycles. The zero-order valence-corrected chi connectivity index (χ0v) is 11.6. The van der Waals surface area contributed by atoms with Crippen molar-refractivity contribution in [2.45, 2.75) is 33.1 Å². The van der Waals surface area contributed by atoms with E-state index in [1.54, 1.807) is 11.3 Å². The number of hydrogen-bond donors (Lipinski definition) is 0. The molecule has 0 saturated heterocycles. The van der Waals surface area contributed by atoms with Crippen molar-refractivity contribution in [3.63, 3.8) is 0 Å². The molecule has 4 nitrogen and oxygen atoms in total. The van der Waals surface area contributed by atoms with Crippen LogP contribution in [-0.4, -0.2) is 20.5 Å². The molecule has 0 N–H and O–H groups in total. The van der Waals surface area contributed by atoms with Gasteiger partial charge in [0.25, 0.3) is 0 Å². The van der Waals surface area contributed by atoms with Gasteiger partial charge in [0, 0.05) is 24.0 Å². The predicted molar refractivity (Wildman–Crippen MR) is 71.1 cm³/mol. The number of ketones is 1. The topological polar surface area (TPSA) is 47.8 Å². The quantitative estimate of drug-likeness (QED) is 0.793. The van der Waals surface area contributed by atoms with Gasteiger partial charge < -0.3 is 0 Å². The molecule has 0 radical (unpaired) electrons. The van der Waals surface area contributed by atoms with E-state index in [4.69, 9.17) is 0 Å². The lowest BCUT2D eigenvalue weighted by Gasteiger charge is -2.06. The first-order valence-electron chi connectivity index (χ1n) is 6.11. The largest absolute Gasteiger partial charge is 0.292 e. The lowest BCUT2D eigenvalue weighted by atomic mass is 10.0. The lowest BCUT2D eigenvalue weighted by Crippen LogP contribution is -2.08. The fourth-order valence-corrected chi connectivity index (χ4v) is 3.73. The predicted octanol–water partition coefficient (Wildman–Crippen LogP) is 2.68. The molecule has 0 fully saturated rings. The number of carbonyl (C=O) groups is 1. The fraction of sp³-hybridized carbons (Fsp3) is 0.462. The van der Waals surface area contributed by atoms with Crippen LogP contribution in [0.4, 0.5) is 0 Å². The summed E-state index contributed by atoms with van der Waals surface area (Å²) in [5.41, 5.74) is 3.87.